The second-order valence-electron chi connectivity index (χ2n) is 5.12. The van der Waals surface area contributed by atoms with Crippen molar-refractivity contribution in [2.75, 3.05) is 13.2 Å². The monoisotopic (exact) mass is 334 g/mol. The van der Waals surface area contributed by atoms with Crippen LogP contribution < -0.4 is 15.4 Å². The van der Waals surface area contributed by atoms with Crippen LogP contribution in [0.5, 0.6) is 5.75 Å². The standard InChI is InChI=1S/C15H20F2N2O2.ClH/c16-14(17)10-21-13-5-1-3-11(7-13)9-19-15(20)8-12-4-2-6-18-12;/h1,3,5,7,12,14,18H,2,4,6,8-10H2,(H,19,20);1H. The largest absolute Gasteiger partial charge is 0.488 e. The van der Waals surface area contributed by atoms with Crippen LogP contribution in [-0.4, -0.2) is 31.5 Å². The van der Waals surface area contributed by atoms with Crippen molar-refractivity contribution in [1.82, 2.24) is 10.6 Å². The van der Waals surface area contributed by atoms with E-state index in [1.54, 1.807) is 18.2 Å². The zero-order valence-electron chi connectivity index (χ0n) is 12.2. The molecule has 1 aliphatic heterocycles. The van der Waals surface area contributed by atoms with Crippen LogP contribution in [0.3, 0.4) is 0 Å². The van der Waals surface area contributed by atoms with E-state index in [1.807, 2.05) is 6.07 Å². The molecule has 0 aromatic heterocycles. The van der Waals surface area contributed by atoms with Crippen molar-refractivity contribution in [3.8, 4) is 5.75 Å². The molecule has 1 fully saturated rings. The van der Waals surface area contributed by atoms with E-state index in [4.69, 9.17) is 4.74 Å². The number of carbonyl (C=O) groups excluding carboxylic acids is 1. The van der Waals surface area contributed by atoms with Crippen LogP contribution >= 0.6 is 12.4 Å². The van der Waals surface area contributed by atoms with Gasteiger partial charge in [0.2, 0.25) is 5.91 Å². The number of rotatable bonds is 7. The van der Waals surface area contributed by atoms with E-state index in [-0.39, 0.29) is 24.4 Å². The number of nitrogens with one attached hydrogen (secondary N) is 2. The molecule has 1 aliphatic rings. The molecule has 0 bridgehead atoms. The van der Waals surface area contributed by atoms with Crippen LogP contribution in [0.25, 0.3) is 0 Å². The van der Waals surface area contributed by atoms with Gasteiger partial charge in [-0.3, -0.25) is 4.79 Å². The van der Waals surface area contributed by atoms with Crippen molar-refractivity contribution >= 4 is 18.3 Å². The Morgan fingerprint density at radius 3 is 2.95 bits per heavy atom. The molecule has 0 saturated carbocycles. The summed E-state index contributed by atoms with van der Waals surface area (Å²) in [4.78, 5) is 11.8. The maximum atomic E-state index is 12.1. The van der Waals surface area contributed by atoms with Gasteiger partial charge < -0.3 is 15.4 Å². The van der Waals surface area contributed by atoms with Crippen molar-refractivity contribution in [2.24, 2.45) is 0 Å². The van der Waals surface area contributed by atoms with Gasteiger partial charge in [0, 0.05) is 19.0 Å². The minimum absolute atomic E-state index is 0. The van der Waals surface area contributed by atoms with Crippen LogP contribution in [-0.2, 0) is 11.3 Å². The maximum absolute atomic E-state index is 12.1. The summed E-state index contributed by atoms with van der Waals surface area (Å²) in [6, 6.07) is 7.10. The van der Waals surface area contributed by atoms with Gasteiger partial charge in [-0.05, 0) is 37.1 Å². The van der Waals surface area contributed by atoms with Gasteiger partial charge >= 0.3 is 0 Å². The highest BCUT2D eigenvalue weighted by molar-refractivity contribution is 5.85. The first-order valence-corrected chi connectivity index (χ1v) is 7.13. The van der Waals surface area contributed by atoms with Crippen LogP contribution in [0.2, 0.25) is 0 Å². The fraction of sp³-hybridized carbons (Fsp3) is 0.533. The van der Waals surface area contributed by atoms with E-state index in [2.05, 4.69) is 10.6 Å². The Kier molecular flexibility index (Phi) is 8.12. The predicted octanol–water partition coefficient (Wildman–Crippen LogP) is 2.51. The van der Waals surface area contributed by atoms with Gasteiger partial charge in [-0.25, -0.2) is 8.78 Å². The summed E-state index contributed by atoms with van der Waals surface area (Å²) in [5.41, 5.74) is 0.828. The van der Waals surface area contributed by atoms with Crippen LogP contribution in [0.1, 0.15) is 24.8 Å². The first kappa shape index (κ1) is 18.6. The smallest absolute Gasteiger partial charge is 0.272 e. The van der Waals surface area contributed by atoms with Gasteiger partial charge in [0.25, 0.3) is 6.43 Å². The molecule has 1 atom stereocenters. The summed E-state index contributed by atoms with van der Waals surface area (Å²) in [5, 5.41) is 6.11. The number of halogens is 3. The number of benzene rings is 1. The Hall–Kier alpha value is -1.40. The fourth-order valence-electron chi connectivity index (χ4n) is 2.33. The summed E-state index contributed by atoms with van der Waals surface area (Å²) < 4.78 is 29.1. The molecule has 4 nitrogen and oxygen atoms in total. The van der Waals surface area contributed by atoms with Crippen molar-refractivity contribution in [3.63, 3.8) is 0 Å². The molecule has 22 heavy (non-hydrogen) atoms. The van der Waals surface area contributed by atoms with E-state index < -0.39 is 13.0 Å². The van der Waals surface area contributed by atoms with Gasteiger partial charge in [0.05, 0.1) is 0 Å². The van der Waals surface area contributed by atoms with Crippen LogP contribution in [0, 0.1) is 0 Å². The quantitative estimate of drug-likeness (QED) is 0.805. The van der Waals surface area contributed by atoms with Crippen molar-refractivity contribution in [1.29, 1.82) is 0 Å². The third kappa shape index (κ3) is 6.58. The summed E-state index contributed by atoms with van der Waals surface area (Å²) in [7, 11) is 0. The molecule has 1 aromatic carbocycles. The second-order valence-corrected chi connectivity index (χ2v) is 5.12. The molecule has 1 amide bonds. The Morgan fingerprint density at radius 1 is 1.45 bits per heavy atom. The number of hydrogen-bond donors (Lipinski definition) is 2. The minimum Gasteiger partial charge on any atom is -0.488 e. The third-order valence-corrected chi connectivity index (χ3v) is 3.36. The molecule has 1 aromatic rings. The van der Waals surface area contributed by atoms with Crippen molar-refractivity contribution in [3.05, 3.63) is 29.8 Å². The first-order chi connectivity index (χ1) is 10.1. The summed E-state index contributed by atoms with van der Waals surface area (Å²) in [6.07, 6.45) is 0.125. The molecule has 2 rings (SSSR count). The van der Waals surface area contributed by atoms with Crippen LogP contribution in [0.4, 0.5) is 8.78 Å². The molecule has 124 valence electrons. The number of alkyl halides is 2. The fourth-order valence-corrected chi connectivity index (χ4v) is 2.33. The van der Waals surface area contributed by atoms with E-state index in [0.29, 0.717) is 18.7 Å². The zero-order valence-corrected chi connectivity index (χ0v) is 13.0. The Morgan fingerprint density at radius 2 is 2.27 bits per heavy atom. The molecule has 0 aliphatic carbocycles. The lowest BCUT2D eigenvalue weighted by atomic mass is 10.1. The highest BCUT2D eigenvalue weighted by Gasteiger charge is 2.17. The molecule has 0 radical (unpaired) electrons. The van der Waals surface area contributed by atoms with E-state index in [9.17, 15) is 13.6 Å². The first-order valence-electron chi connectivity index (χ1n) is 7.13. The number of carbonyl (C=O) groups is 1. The van der Waals surface area contributed by atoms with E-state index in [0.717, 1.165) is 24.9 Å². The Bertz CT molecular complexity index is 469. The SMILES string of the molecule is Cl.O=C(CC1CCCN1)NCc1cccc(OCC(F)F)c1. The minimum atomic E-state index is -2.49. The van der Waals surface area contributed by atoms with Crippen molar-refractivity contribution in [2.45, 2.75) is 38.3 Å². The molecular weight excluding hydrogens is 314 g/mol. The highest BCUT2D eigenvalue weighted by atomic mass is 35.5. The molecular formula is C15H21ClF2N2O2. The maximum Gasteiger partial charge on any atom is 0.272 e. The molecule has 0 spiro atoms. The predicted molar refractivity (Wildman–Crippen MR) is 82.7 cm³/mol. The average molecular weight is 335 g/mol. The van der Waals surface area contributed by atoms with E-state index in [1.165, 1.54) is 0 Å². The lowest BCUT2D eigenvalue weighted by Crippen LogP contribution is -2.31. The number of ether oxygens (including phenoxy) is 1. The second kappa shape index (κ2) is 9.58. The summed E-state index contributed by atoms with van der Waals surface area (Å²) in [5.74, 6) is 0.382. The van der Waals surface area contributed by atoms with Crippen LogP contribution in [0.15, 0.2) is 24.3 Å². The lowest BCUT2D eigenvalue weighted by molar-refractivity contribution is -0.121. The van der Waals surface area contributed by atoms with Crippen molar-refractivity contribution < 1.29 is 18.3 Å². The number of hydrogen-bond acceptors (Lipinski definition) is 3. The van der Waals surface area contributed by atoms with E-state index >= 15 is 0 Å². The highest BCUT2D eigenvalue weighted by Crippen LogP contribution is 2.14. The van der Waals surface area contributed by atoms with Gasteiger partial charge in [0.15, 0.2) is 0 Å². The normalized spacial score (nSPS) is 17.1. The van der Waals surface area contributed by atoms with Gasteiger partial charge in [-0.15, -0.1) is 12.4 Å². The molecule has 1 unspecified atom stereocenters. The lowest BCUT2D eigenvalue weighted by Gasteiger charge is -2.11. The summed E-state index contributed by atoms with van der Waals surface area (Å²) in [6.45, 7) is 0.724. The summed E-state index contributed by atoms with van der Waals surface area (Å²) >= 11 is 0. The van der Waals surface area contributed by atoms with Gasteiger partial charge in [-0.2, -0.15) is 0 Å². The topological polar surface area (TPSA) is 50.4 Å². The average Bonchev–Trinajstić information content (AvgIpc) is 2.96. The number of amides is 1. The Labute approximate surface area is 135 Å². The third-order valence-electron chi connectivity index (χ3n) is 3.36. The van der Waals surface area contributed by atoms with Gasteiger partial charge in [-0.1, -0.05) is 12.1 Å². The molecule has 1 saturated heterocycles. The van der Waals surface area contributed by atoms with Gasteiger partial charge in [0.1, 0.15) is 12.4 Å². The molecule has 7 heteroatoms. The molecule has 1 heterocycles. The molecule has 2 N–H and O–H groups in total. The Balaban J connectivity index is 0.00000242. The zero-order chi connectivity index (χ0) is 15.1.